The maximum absolute atomic E-state index is 12.2. The first kappa shape index (κ1) is 20.6. The number of halogens is 1. The quantitative estimate of drug-likeness (QED) is 0.259. The van der Waals surface area contributed by atoms with E-state index in [0.717, 1.165) is 41.3 Å². The zero-order valence-corrected chi connectivity index (χ0v) is 18.1. The Bertz CT molecular complexity index is 612. The number of primary amides is 1. The minimum atomic E-state index is -0.323. The minimum absolute atomic E-state index is 0.0769. The number of carbonyl (C=O) groups excluding carboxylic acids is 1. The number of allylic oxidation sites excluding steroid dienone is 2. The molecule has 1 fully saturated rings. The molecular weight excluding hydrogens is 421 g/mol. The summed E-state index contributed by atoms with van der Waals surface area (Å²) in [6.07, 6.45) is 11.7. The van der Waals surface area contributed by atoms with Gasteiger partial charge in [0.15, 0.2) is 0 Å². The van der Waals surface area contributed by atoms with Gasteiger partial charge in [-0.25, -0.2) is 0 Å². The molecule has 2 aliphatic carbocycles. The van der Waals surface area contributed by atoms with E-state index >= 15 is 0 Å². The fourth-order valence-corrected chi connectivity index (χ4v) is 4.98. The third kappa shape index (κ3) is 5.36. The predicted octanol–water partition coefficient (Wildman–Crippen LogP) is 5.56. The van der Waals surface area contributed by atoms with E-state index in [2.05, 4.69) is 61.3 Å². The van der Waals surface area contributed by atoms with Crippen molar-refractivity contribution >= 4 is 28.5 Å². The van der Waals surface area contributed by atoms with Gasteiger partial charge in [0.2, 0.25) is 5.91 Å². The molecule has 0 aromatic rings. The summed E-state index contributed by atoms with van der Waals surface area (Å²) in [5.74, 6) is 7.56. The lowest BCUT2D eigenvalue weighted by atomic mass is 9.82. The third-order valence-electron chi connectivity index (χ3n) is 5.97. The van der Waals surface area contributed by atoms with E-state index in [9.17, 15) is 4.79 Å². The van der Waals surface area contributed by atoms with Crippen molar-refractivity contribution in [3.63, 3.8) is 0 Å². The van der Waals surface area contributed by atoms with Crippen molar-refractivity contribution in [2.45, 2.75) is 72.1 Å². The van der Waals surface area contributed by atoms with Gasteiger partial charge in [-0.05, 0) is 51.4 Å². The van der Waals surface area contributed by atoms with Crippen LogP contribution in [-0.4, -0.2) is 10.3 Å². The standard InChI is InChI=1S/C22H32INO/c1-16-8-9-18(10-14-22(3)12-6-4-5-7-13-22)20(21(24)25)17(2)19(16)11-15-23/h9,16,19H,4-8,11-13,15H2,1-3H3,(H2,24,25). The second-order valence-corrected chi connectivity index (χ2v) is 9.14. The largest absolute Gasteiger partial charge is 0.366 e. The first-order valence-corrected chi connectivity index (χ1v) is 11.2. The topological polar surface area (TPSA) is 43.1 Å². The molecule has 2 unspecified atom stereocenters. The van der Waals surface area contributed by atoms with Crippen LogP contribution in [0.2, 0.25) is 0 Å². The summed E-state index contributed by atoms with van der Waals surface area (Å²) in [6.45, 7) is 6.64. The summed E-state index contributed by atoms with van der Waals surface area (Å²) in [4.78, 5) is 12.2. The smallest absolute Gasteiger partial charge is 0.249 e. The molecule has 2 nitrogen and oxygen atoms in total. The molecule has 3 heteroatoms. The minimum Gasteiger partial charge on any atom is -0.366 e. The molecule has 0 spiro atoms. The van der Waals surface area contributed by atoms with E-state index in [4.69, 9.17) is 5.73 Å². The Labute approximate surface area is 167 Å². The van der Waals surface area contributed by atoms with Crippen molar-refractivity contribution in [1.29, 1.82) is 0 Å². The van der Waals surface area contributed by atoms with Crippen LogP contribution < -0.4 is 5.73 Å². The Kier molecular flexibility index (Phi) is 7.61. The van der Waals surface area contributed by atoms with Crippen LogP contribution in [0.15, 0.2) is 22.8 Å². The van der Waals surface area contributed by atoms with Gasteiger partial charge in [0.05, 0.1) is 5.57 Å². The Morgan fingerprint density at radius 3 is 2.52 bits per heavy atom. The van der Waals surface area contributed by atoms with Gasteiger partial charge in [-0.3, -0.25) is 4.79 Å². The lowest BCUT2D eigenvalue weighted by molar-refractivity contribution is -0.114. The van der Waals surface area contributed by atoms with E-state index in [1.54, 1.807) is 0 Å². The summed E-state index contributed by atoms with van der Waals surface area (Å²) >= 11 is 2.42. The van der Waals surface area contributed by atoms with Gasteiger partial charge in [0.25, 0.3) is 0 Å². The van der Waals surface area contributed by atoms with E-state index in [1.165, 1.54) is 25.7 Å². The van der Waals surface area contributed by atoms with Gasteiger partial charge in [0.1, 0.15) is 0 Å². The zero-order valence-electron chi connectivity index (χ0n) is 16.0. The molecule has 2 rings (SSSR count). The monoisotopic (exact) mass is 453 g/mol. The number of nitrogens with two attached hydrogens (primary N) is 1. The Hall–Kier alpha value is -0.760. The summed E-state index contributed by atoms with van der Waals surface area (Å²) in [5.41, 5.74) is 8.55. The Balaban J connectivity index is 2.38. The summed E-state index contributed by atoms with van der Waals surface area (Å²) in [6, 6.07) is 0. The maximum Gasteiger partial charge on any atom is 0.249 e. The molecule has 0 aliphatic heterocycles. The highest BCUT2D eigenvalue weighted by molar-refractivity contribution is 14.1. The number of amides is 1. The Morgan fingerprint density at radius 2 is 1.96 bits per heavy atom. The molecule has 1 amide bonds. The van der Waals surface area contributed by atoms with Gasteiger partial charge in [-0.15, -0.1) is 0 Å². The van der Waals surface area contributed by atoms with Gasteiger partial charge in [-0.2, -0.15) is 0 Å². The molecule has 138 valence electrons. The van der Waals surface area contributed by atoms with Gasteiger partial charge in [0, 0.05) is 15.4 Å². The highest BCUT2D eigenvalue weighted by Crippen LogP contribution is 2.37. The van der Waals surface area contributed by atoms with Gasteiger partial charge in [-0.1, -0.05) is 78.7 Å². The Morgan fingerprint density at radius 1 is 1.32 bits per heavy atom. The van der Waals surface area contributed by atoms with Crippen molar-refractivity contribution in [1.82, 2.24) is 0 Å². The van der Waals surface area contributed by atoms with Crippen LogP contribution in [0.3, 0.4) is 0 Å². The molecule has 2 atom stereocenters. The second kappa shape index (κ2) is 9.26. The molecule has 0 radical (unpaired) electrons. The lowest BCUT2D eigenvalue weighted by Gasteiger charge is -2.23. The SMILES string of the molecule is CC1=C(C(N)=O)C(C#CC2(C)CCCCCC2)=CCC(C)C1CCI. The van der Waals surface area contributed by atoms with Crippen molar-refractivity contribution in [3.05, 3.63) is 22.8 Å². The van der Waals surface area contributed by atoms with Gasteiger partial charge < -0.3 is 5.73 Å². The molecular formula is C22H32INO. The second-order valence-electron chi connectivity index (χ2n) is 8.06. The van der Waals surface area contributed by atoms with Crippen molar-refractivity contribution in [2.24, 2.45) is 23.0 Å². The fraction of sp³-hybridized carbons (Fsp3) is 0.682. The van der Waals surface area contributed by atoms with Crippen LogP contribution in [0.4, 0.5) is 0 Å². The molecule has 0 aromatic carbocycles. The first-order chi connectivity index (χ1) is 11.9. The highest BCUT2D eigenvalue weighted by Gasteiger charge is 2.28. The number of hydrogen-bond donors (Lipinski definition) is 1. The van der Waals surface area contributed by atoms with Crippen molar-refractivity contribution in [2.75, 3.05) is 4.43 Å². The van der Waals surface area contributed by atoms with Gasteiger partial charge >= 0.3 is 0 Å². The maximum atomic E-state index is 12.2. The highest BCUT2D eigenvalue weighted by atomic mass is 127. The number of rotatable bonds is 3. The van der Waals surface area contributed by atoms with E-state index in [0.29, 0.717) is 17.4 Å². The number of alkyl halides is 1. The van der Waals surface area contributed by atoms with Crippen LogP contribution in [0.1, 0.15) is 72.1 Å². The van der Waals surface area contributed by atoms with Crippen molar-refractivity contribution in [3.8, 4) is 11.8 Å². The normalized spacial score (nSPS) is 26.8. The molecule has 2 aliphatic rings. The zero-order chi connectivity index (χ0) is 18.4. The van der Waals surface area contributed by atoms with E-state index in [-0.39, 0.29) is 11.3 Å². The van der Waals surface area contributed by atoms with Crippen molar-refractivity contribution < 1.29 is 4.79 Å². The molecule has 0 saturated heterocycles. The fourth-order valence-electron chi connectivity index (χ4n) is 4.31. The predicted molar refractivity (Wildman–Crippen MR) is 114 cm³/mol. The molecule has 0 aromatic heterocycles. The molecule has 0 bridgehead atoms. The van der Waals surface area contributed by atoms with Crippen LogP contribution in [0.25, 0.3) is 0 Å². The third-order valence-corrected chi connectivity index (χ3v) is 6.60. The molecule has 1 saturated carbocycles. The number of carbonyl (C=O) groups is 1. The lowest BCUT2D eigenvalue weighted by Crippen LogP contribution is -2.20. The van der Waals surface area contributed by atoms with Crippen LogP contribution in [-0.2, 0) is 4.79 Å². The summed E-state index contributed by atoms with van der Waals surface area (Å²) in [5, 5.41) is 0. The molecule has 25 heavy (non-hydrogen) atoms. The first-order valence-electron chi connectivity index (χ1n) is 9.68. The number of hydrogen-bond acceptors (Lipinski definition) is 1. The molecule has 2 N–H and O–H groups in total. The summed E-state index contributed by atoms with van der Waals surface area (Å²) in [7, 11) is 0. The molecule has 0 heterocycles. The van der Waals surface area contributed by atoms with E-state index < -0.39 is 0 Å². The average molecular weight is 453 g/mol. The van der Waals surface area contributed by atoms with Crippen LogP contribution >= 0.6 is 22.6 Å². The average Bonchev–Trinajstić information content (AvgIpc) is 2.84. The van der Waals surface area contributed by atoms with Crippen LogP contribution in [0, 0.1) is 29.1 Å². The van der Waals surface area contributed by atoms with Crippen LogP contribution in [0.5, 0.6) is 0 Å². The summed E-state index contributed by atoms with van der Waals surface area (Å²) < 4.78 is 1.09. The van der Waals surface area contributed by atoms with E-state index in [1.807, 2.05) is 0 Å².